The molecule has 1 aliphatic heterocycles. The SMILES string of the molecule is C(=N/Nc1nc2ccccc2s1)/c1ccc2c(c1)OCCO2. The molecule has 0 aliphatic carbocycles. The molecule has 0 radical (unpaired) electrons. The molecule has 1 aliphatic rings. The Morgan fingerprint density at radius 3 is 2.86 bits per heavy atom. The predicted octanol–water partition coefficient (Wildman–Crippen LogP) is 3.51. The number of benzene rings is 2. The van der Waals surface area contributed by atoms with Crippen molar-refractivity contribution >= 4 is 32.9 Å². The van der Waals surface area contributed by atoms with E-state index in [2.05, 4.69) is 15.5 Å². The number of anilines is 1. The first-order chi connectivity index (χ1) is 10.9. The number of nitrogens with one attached hydrogen (secondary N) is 1. The summed E-state index contributed by atoms with van der Waals surface area (Å²) in [5.74, 6) is 1.54. The lowest BCUT2D eigenvalue weighted by molar-refractivity contribution is 0.171. The molecule has 22 heavy (non-hydrogen) atoms. The zero-order valence-electron chi connectivity index (χ0n) is 11.7. The second-order valence-electron chi connectivity index (χ2n) is 4.76. The van der Waals surface area contributed by atoms with Gasteiger partial charge in [-0.1, -0.05) is 23.5 Å². The van der Waals surface area contributed by atoms with Gasteiger partial charge >= 0.3 is 0 Å². The molecule has 0 saturated carbocycles. The summed E-state index contributed by atoms with van der Waals surface area (Å²) in [5, 5.41) is 5.01. The van der Waals surface area contributed by atoms with Crippen LogP contribution >= 0.6 is 11.3 Å². The van der Waals surface area contributed by atoms with Crippen molar-refractivity contribution in [2.75, 3.05) is 18.6 Å². The molecule has 0 amide bonds. The largest absolute Gasteiger partial charge is 0.486 e. The number of ether oxygens (including phenoxy) is 2. The Balaban J connectivity index is 1.49. The van der Waals surface area contributed by atoms with Crippen LogP contribution < -0.4 is 14.9 Å². The van der Waals surface area contributed by atoms with E-state index in [9.17, 15) is 0 Å². The van der Waals surface area contributed by atoms with Crippen molar-refractivity contribution in [3.63, 3.8) is 0 Å². The van der Waals surface area contributed by atoms with Gasteiger partial charge in [-0.25, -0.2) is 4.98 Å². The van der Waals surface area contributed by atoms with E-state index in [-0.39, 0.29) is 0 Å². The van der Waals surface area contributed by atoms with E-state index in [0.717, 1.165) is 32.4 Å². The Bertz CT molecular complexity index is 811. The van der Waals surface area contributed by atoms with Crippen LogP contribution in [0.15, 0.2) is 47.6 Å². The molecule has 1 aromatic heterocycles. The van der Waals surface area contributed by atoms with E-state index in [4.69, 9.17) is 9.47 Å². The predicted molar refractivity (Wildman–Crippen MR) is 88.3 cm³/mol. The first kappa shape index (κ1) is 13.1. The fourth-order valence-corrected chi connectivity index (χ4v) is 3.04. The van der Waals surface area contributed by atoms with Crippen LogP contribution in [-0.4, -0.2) is 24.4 Å². The topological polar surface area (TPSA) is 55.7 Å². The van der Waals surface area contributed by atoms with Crippen LogP contribution in [0.1, 0.15) is 5.56 Å². The van der Waals surface area contributed by atoms with Gasteiger partial charge in [0.15, 0.2) is 11.5 Å². The summed E-state index contributed by atoms with van der Waals surface area (Å²) in [6.45, 7) is 1.18. The minimum Gasteiger partial charge on any atom is -0.486 e. The van der Waals surface area contributed by atoms with Crippen molar-refractivity contribution < 1.29 is 9.47 Å². The van der Waals surface area contributed by atoms with E-state index in [1.807, 2.05) is 42.5 Å². The second kappa shape index (κ2) is 5.65. The average molecular weight is 311 g/mol. The van der Waals surface area contributed by atoms with E-state index in [1.165, 1.54) is 0 Å². The van der Waals surface area contributed by atoms with Crippen LogP contribution in [-0.2, 0) is 0 Å². The Morgan fingerprint density at radius 2 is 1.95 bits per heavy atom. The summed E-state index contributed by atoms with van der Waals surface area (Å²) < 4.78 is 12.2. The molecule has 0 bridgehead atoms. The summed E-state index contributed by atoms with van der Waals surface area (Å²) in [7, 11) is 0. The lowest BCUT2D eigenvalue weighted by Crippen LogP contribution is -2.15. The lowest BCUT2D eigenvalue weighted by Gasteiger charge is -2.18. The monoisotopic (exact) mass is 311 g/mol. The van der Waals surface area contributed by atoms with Gasteiger partial charge in [0.25, 0.3) is 0 Å². The second-order valence-corrected chi connectivity index (χ2v) is 5.79. The molecular weight excluding hydrogens is 298 g/mol. The van der Waals surface area contributed by atoms with Gasteiger partial charge < -0.3 is 9.47 Å². The van der Waals surface area contributed by atoms with Crippen molar-refractivity contribution in [2.45, 2.75) is 0 Å². The Labute approximate surface area is 131 Å². The minimum atomic E-state index is 0.581. The standard InChI is InChI=1S/C16H13N3O2S/c1-2-4-15-12(3-1)18-16(22-15)19-17-10-11-5-6-13-14(9-11)21-8-7-20-13/h1-6,9-10H,7-8H2,(H,18,19)/b17-10-. The maximum atomic E-state index is 5.55. The molecule has 3 aromatic rings. The maximum Gasteiger partial charge on any atom is 0.204 e. The van der Waals surface area contributed by atoms with Crippen LogP contribution in [0.4, 0.5) is 5.13 Å². The lowest BCUT2D eigenvalue weighted by atomic mass is 10.2. The summed E-state index contributed by atoms with van der Waals surface area (Å²) in [4.78, 5) is 4.46. The van der Waals surface area contributed by atoms with Crippen molar-refractivity contribution in [3.8, 4) is 11.5 Å². The Kier molecular flexibility index (Phi) is 3.36. The quantitative estimate of drug-likeness (QED) is 0.594. The summed E-state index contributed by atoms with van der Waals surface area (Å²) in [6.07, 6.45) is 1.74. The summed E-state index contributed by atoms with van der Waals surface area (Å²) in [6, 6.07) is 13.8. The molecule has 0 fully saturated rings. The Hall–Kier alpha value is -2.60. The maximum absolute atomic E-state index is 5.55. The molecule has 1 N–H and O–H groups in total. The third kappa shape index (κ3) is 2.60. The molecular formula is C16H13N3O2S. The van der Waals surface area contributed by atoms with Gasteiger partial charge in [-0.15, -0.1) is 0 Å². The van der Waals surface area contributed by atoms with Gasteiger partial charge in [0, 0.05) is 0 Å². The number of thiazole rings is 1. The van der Waals surface area contributed by atoms with Gasteiger partial charge in [-0.05, 0) is 35.9 Å². The Morgan fingerprint density at radius 1 is 1.09 bits per heavy atom. The number of para-hydroxylation sites is 1. The van der Waals surface area contributed by atoms with E-state index >= 15 is 0 Å². The highest BCUT2D eigenvalue weighted by atomic mass is 32.1. The zero-order chi connectivity index (χ0) is 14.8. The molecule has 6 heteroatoms. The fourth-order valence-electron chi connectivity index (χ4n) is 2.22. The van der Waals surface area contributed by atoms with Gasteiger partial charge in [0.1, 0.15) is 13.2 Å². The highest BCUT2D eigenvalue weighted by molar-refractivity contribution is 7.22. The number of fused-ring (bicyclic) bond motifs is 2. The van der Waals surface area contributed by atoms with Crippen LogP contribution in [0.25, 0.3) is 10.2 Å². The van der Waals surface area contributed by atoms with E-state index in [1.54, 1.807) is 17.6 Å². The van der Waals surface area contributed by atoms with Crippen molar-refractivity contribution in [1.82, 2.24) is 4.98 Å². The van der Waals surface area contributed by atoms with Crippen molar-refractivity contribution in [2.24, 2.45) is 5.10 Å². The minimum absolute atomic E-state index is 0.581. The number of aromatic nitrogens is 1. The van der Waals surface area contributed by atoms with E-state index < -0.39 is 0 Å². The molecule has 0 spiro atoms. The fraction of sp³-hybridized carbons (Fsp3) is 0.125. The van der Waals surface area contributed by atoms with Crippen LogP contribution in [0.3, 0.4) is 0 Å². The van der Waals surface area contributed by atoms with E-state index in [0.29, 0.717) is 13.2 Å². The molecule has 0 atom stereocenters. The first-order valence-corrected chi connectivity index (χ1v) is 7.74. The number of hydrogen-bond donors (Lipinski definition) is 1. The highest BCUT2D eigenvalue weighted by Crippen LogP contribution is 2.30. The number of hydrogen-bond acceptors (Lipinski definition) is 6. The van der Waals surface area contributed by atoms with Crippen molar-refractivity contribution in [3.05, 3.63) is 48.0 Å². The smallest absolute Gasteiger partial charge is 0.204 e. The molecule has 2 aromatic carbocycles. The average Bonchev–Trinajstić information content (AvgIpc) is 2.97. The van der Waals surface area contributed by atoms with Gasteiger partial charge in [0.05, 0.1) is 16.4 Å². The number of nitrogens with zero attached hydrogens (tertiary/aromatic N) is 2. The molecule has 4 rings (SSSR count). The molecule has 5 nitrogen and oxygen atoms in total. The van der Waals surface area contributed by atoms with Gasteiger partial charge in [-0.3, -0.25) is 5.43 Å². The number of hydrazone groups is 1. The first-order valence-electron chi connectivity index (χ1n) is 6.93. The van der Waals surface area contributed by atoms with Crippen LogP contribution in [0.5, 0.6) is 11.5 Å². The van der Waals surface area contributed by atoms with Gasteiger partial charge in [0.2, 0.25) is 5.13 Å². The third-order valence-electron chi connectivity index (χ3n) is 3.23. The zero-order valence-corrected chi connectivity index (χ0v) is 12.5. The van der Waals surface area contributed by atoms with Crippen LogP contribution in [0, 0.1) is 0 Å². The summed E-state index contributed by atoms with van der Waals surface area (Å²) in [5.41, 5.74) is 4.89. The van der Waals surface area contributed by atoms with Crippen LogP contribution in [0.2, 0.25) is 0 Å². The van der Waals surface area contributed by atoms with Gasteiger partial charge in [-0.2, -0.15) is 5.10 Å². The normalized spacial score (nSPS) is 13.6. The third-order valence-corrected chi connectivity index (χ3v) is 4.17. The van der Waals surface area contributed by atoms with Crippen molar-refractivity contribution in [1.29, 1.82) is 0 Å². The summed E-state index contributed by atoms with van der Waals surface area (Å²) >= 11 is 1.57. The molecule has 0 saturated heterocycles. The molecule has 0 unspecified atom stereocenters. The molecule has 2 heterocycles. The number of rotatable bonds is 3. The molecule has 110 valence electrons. The highest BCUT2D eigenvalue weighted by Gasteiger charge is 2.10.